The lowest BCUT2D eigenvalue weighted by Crippen LogP contribution is -2.55. The van der Waals surface area contributed by atoms with Crippen LogP contribution in [0.2, 0.25) is 0 Å². The van der Waals surface area contributed by atoms with Crippen LogP contribution in [-0.2, 0) is 19.2 Å². The van der Waals surface area contributed by atoms with Gasteiger partial charge in [0, 0.05) is 16.8 Å². The van der Waals surface area contributed by atoms with Crippen molar-refractivity contribution in [1.82, 2.24) is 15.6 Å². The molecule has 1 aromatic heterocycles. The fourth-order valence-corrected chi connectivity index (χ4v) is 4.27. The van der Waals surface area contributed by atoms with Gasteiger partial charge in [-0.1, -0.05) is 68.4 Å². The molecule has 10 nitrogen and oxygen atoms in total. The van der Waals surface area contributed by atoms with E-state index in [1.807, 2.05) is 54.6 Å². The van der Waals surface area contributed by atoms with Crippen LogP contribution in [0.1, 0.15) is 20.3 Å². The number of carbonyl (C=O) groups is 4. The number of nitrogens with zero attached hydrogens (tertiary/aromatic N) is 1. The second kappa shape index (κ2) is 13.4. The zero-order valence-electron chi connectivity index (χ0n) is 22.7. The summed E-state index contributed by atoms with van der Waals surface area (Å²) in [6.45, 7) is 2.60. The van der Waals surface area contributed by atoms with Gasteiger partial charge in [0.1, 0.15) is 17.8 Å². The number of benzene rings is 3. The van der Waals surface area contributed by atoms with Crippen LogP contribution in [0.5, 0.6) is 11.6 Å². The van der Waals surface area contributed by atoms with Gasteiger partial charge in [0.25, 0.3) is 5.91 Å². The molecule has 2 atom stereocenters. The lowest BCUT2D eigenvalue weighted by atomic mass is 10.0. The third kappa shape index (κ3) is 7.78. The van der Waals surface area contributed by atoms with Gasteiger partial charge in [0.05, 0.1) is 11.9 Å². The molecule has 0 aliphatic carbocycles. The van der Waals surface area contributed by atoms with Gasteiger partial charge in [-0.15, -0.1) is 0 Å². The van der Waals surface area contributed by atoms with Gasteiger partial charge >= 0.3 is 5.97 Å². The van der Waals surface area contributed by atoms with E-state index in [2.05, 4.69) is 15.6 Å². The largest absolute Gasteiger partial charge is 0.483 e. The van der Waals surface area contributed by atoms with Gasteiger partial charge < -0.3 is 25.2 Å². The third-order valence-electron chi connectivity index (χ3n) is 6.39. The molecule has 0 aliphatic rings. The topological polar surface area (TPSA) is 144 Å². The Morgan fingerprint density at radius 3 is 2.27 bits per heavy atom. The van der Waals surface area contributed by atoms with Crippen molar-refractivity contribution in [2.24, 2.45) is 5.92 Å². The van der Waals surface area contributed by atoms with Crippen molar-refractivity contribution in [1.29, 1.82) is 0 Å². The van der Waals surface area contributed by atoms with Gasteiger partial charge in [-0.05, 0) is 29.5 Å². The lowest BCUT2D eigenvalue weighted by Gasteiger charge is -2.24. The molecule has 4 aromatic rings. The van der Waals surface area contributed by atoms with Crippen molar-refractivity contribution in [2.75, 3.05) is 13.2 Å². The van der Waals surface area contributed by atoms with Crippen LogP contribution in [-0.4, -0.2) is 59.0 Å². The van der Waals surface area contributed by atoms with Gasteiger partial charge in [-0.2, -0.15) is 0 Å². The molecule has 0 saturated heterocycles. The van der Waals surface area contributed by atoms with Gasteiger partial charge in [-0.25, -0.2) is 4.98 Å². The molecule has 212 valence electrons. The zero-order valence-corrected chi connectivity index (χ0v) is 22.7. The number of ketones is 1. The third-order valence-corrected chi connectivity index (χ3v) is 6.39. The Hall–Kier alpha value is -4.99. The number of fused-ring (bicyclic) bond motifs is 2. The molecule has 3 aromatic carbocycles. The molecule has 4 rings (SSSR count). The van der Waals surface area contributed by atoms with Crippen molar-refractivity contribution in [3.05, 3.63) is 78.9 Å². The van der Waals surface area contributed by atoms with E-state index in [4.69, 9.17) is 9.47 Å². The second-order valence-corrected chi connectivity index (χ2v) is 9.81. The van der Waals surface area contributed by atoms with Crippen molar-refractivity contribution >= 4 is 45.2 Å². The van der Waals surface area contributed by atoms with E-state index < -0.39 is 48.7 Å². The van der Waals surface area contributed by atoms with Crippen LogP contribution >= 0.6 is 0 Å². The first-order valence-corrected chi connectivity index (χ1v) is 13.1. The Balaban J connectivity index is 1.36. The SMILES string of the molecule is CC(C)[C@H](NC(=O)COc1cccc2ccccc12)C(=O)N[C@@H](CC(=O)O)C(=O)COc1ccc2ccccc2n1. The highest BCUT2D eigenvalue weighted by molar-refractivity contribution is 5.95. The number of carbonyl (C=O) groups excluding carboxylic acids is 3. The van der Waals surface area contributed by atoms with E-state index in [1.54, 1.807) is 38.1 Å². The number of Topliss-reactive ketones (excluding diaryl/α,β-unsaturated/α-hetero) is 1. The van der Waals surface area contributed by atoms with Gasteiger partial charge in [0.2, 0.25) is 11.8 Å². The Bertz CT molecular complexity index is 1560. The van der Waals surface area contributed by atoms with Crippen LogP contribution in [0.25, 0.3) is 21.7 Å². The minimum Gasteiger partial charge on any atom is -0.483 e. The number of aliphatic carboxylic acids is 1. The molecule has 0 radical (unpaired) electrons. The molecular formula is C31H31N3O7. The average molecular weight is 558 g/mol. The number of pyridine rings is 1. The zero-order chi connectivity index (χ0) is 29.4. The van der Waals surface area contributed by atoms with Crippen molar-refractivity contribution in [3.8, 4) is 11.6 Å². The molecule has 0 fully saturated rings. The smallest absolute Gasteiger partial charge is 0.305 e. The number of hydrogen-bond donors (Lipinski definition) is 3. The van der Waals surface area contributed by atoms with E-state index >= 15 is 0 Å². The summed E-state index contributed by atoms with van der Waals surface area (Å²) in [6.07, 6.45) is -0.651. The van der Waals surface area contributed by atoms with Gasteiger partial charge in [-0.3, -0.25) is 19.2 Å². The Morgan fingerprint density at radius 1 is 0.805 bits per heavy atom. The maximum absolute atomic E-state index is 13.1. The lowest BCUT2D eigenvalue weighted by molar-refractivity contribution is -0.141. The Kier molecular flexibility index (Phi) is 9.47. The minimum atomic E-state index is -1.37. The van der Waals surface area contributed by atoms with Crippen molar-refractivity contribution in [3.63, 3.8) is 0 Å². The van der Waals surface area contributed by atoms with Crippen LogP contribution in [0.3, 0.4) is 0 Å². The number of nitrogens with one attached hydrogen (secondary N) is 2. The maximum Gasteiger partial charge on any atom is 0.305 e. The molecule has 3 N–H and O–H groups in total. The number of carboxylic acids is 1. The summed E-state index contributed by atoms with van der Waals surface area (Å²) in [7, 11) is 0. The van der Waals surface area contributed by atoms with Crippen LogP contribution in [0.4, 0.5) is 0 Å². The van der Waals surface area contributed by atoms with E-state index in [1.165, 1.54) is 0 Å². The van der Waals surface area contributed by atoms with Crippen LogP contribution in [0.15, 0.2) is 78.9 Å². The van der Waals surface area contributed by atoms with E-state index in [-0.39, 0.29) is 18.4 Å². The van der Waals surface area contributed by atoms with Crippen LogP contribution < -0.4 is 20.1 Å². The molecule has 10 heteroatoms. The molecule has 0 saturated carbocycles. The molecule has 0 spiro atoms. The summed E-state index contributed by atoms with van der Waals surface area (Å²) in [4.78, 5) is 54.5. The summed E-state index contributed by atoms with van der Waals surface area (Å²) >= 11 is 0. The summed E-state index contributed by atoms with van der Waals surface area (Å²) in [6, 6.07) is 21.4. The Labute approximate surface area is 236 Å². The fraction of sp³-hybridized carbons (Fsp3) is 0.258. The average Bonchev–Trinajstić information content (AvgIpc) is 2.96. The predicted molar refractivity (Wildman–Crippen MR) is 153 cm³/mol. The molecule has 2 amide bonds. The van der Waals surface area contributed by atoms with E-state index in [0.29, 0.717) is 11.3 Å². The maximum atomic E-state index is 13.1. The van der Waals surface area contributed by atoms with Gasteiger partial charge in [0.15, 0.2) is 19.0 Å². The molecular weight excluding hydrogens is 526 g/mol. The van der Waals surface area contributed by atoms with Crippen molar-refractivity contribution < 1.29 is 33.8 Å². The number of amides is 2. The molecule has 0 aliphatic heterocycles. The highest BCUT2D eigenvalue weighted by Crippen LogP contribution is 2.25. The van der Waals surface area contributed by atoms with Crippen molar-refractivity contribution in [2.45, 2.75) is 32.4 Å². The summed E-state index contributed by atoms with van der Waals surface area (Å²) in [5.41, 5.74) is 0.674. The number of carboxylic acid groups (broad SMARTS) is 1. The first-order valence-electron chi connectivity index (χ1n) is 13.1. The molecule has 0 bridgehead atoms. The second-order valence-electron chi connectivity index (χ2n) is 9.81. The Morgan fingerprint density at radius 2 is 1.51 bits per heavy atom. The number of aromatic nitrogens is 1. The molecule has 41 heavy (non-hydrogen) atoms. The van der Waals surface area contributed by atoms with E-state index in [0.717, 1.165) is 16.2 Å². The standard InChI is InChI=1S/C31H31N3O7/c1-19(2)30(34-27(36)18-40-26-13-7-10-20-8-3-5-11-22(20)26)31(39)33-24(16-29(37)38)25(35)17-41-28-15-14-21-9-4-6-12-23(21)32-28/h3-15,19,24,30H,16-18H2,1-2H3,(H,33,39)(H,34,36)(H,37,38)/t24-,30-/m0/s1. The predicted octanol–water partition coefficient (Wildman–Crippen LogP) is 3.52. The number of hydrogen-bond acceptors (Lipinski definition) is 7. The highest BCUT2D eigenvalue weighted by atomic mass is 16.5. The molecule has 1 heterocycles. The fourth-order valence-electron chi connectivity index (χ4n) is 4.27. The molecule has 0 unspecified atom stereocenters. The van der Waals surface area contributed by atoms with Crippen LogP contribution in [0, 0.1) is 5.92 Å². The quantitative estimate of drug-likeness (QED) is 0.227. The summed E-state index contributed by atoms with van der Waals surface area (Å²) in [5.74, 6) is -2.81. The number of ether oxygens (including phenoxy) is 2. The summed E-state index contributed by atoms with van der Waals surface area (Å²) < 4.78 is 11.2. The first-order chi connectivity index (χ1) is 19.7. The first kappa shape index (κ1) is 29.0. The number of rotatable bonds is 13. The monoisotopic (exact) mass is 557 g/mol. The van der Waals surface area contributed by atoms with E-state index in [9.17, 15) is 24.3 Å². The summed E-state index contributed by atoms with van der Waals surface area (Å²) in [5, 5.41) is 17.2. The normalized spacial score (nSPS) is 12.5. The number of para-hydroxylation sites is 1. The minimum absolute atomic E-state index is 0.191. The highest BCUT2D eigenvalue weighted by Gasteiger charge is 2.30.